The van der Waals surface area contributed by atoms with Crippen molar-refractivity contribution in [3.63, 3.8) is 0 Å². The van der Waals surface area contributed by atoms with E-state index in [1.54, 1.807) is 0 Å². The number of morpholine rings is 1. The van der Waals surface area contributed by atoms with Crippen molar-refractivity contribution in [1.29, 1.82) is 0 Å². The molecule has 1 fully saturated rings. The van der Waals surface area contributed by atoms with Crippen molar-refractivity contribution >= 4 is 0 Å². The molecule has 1 saturated heterocycles. The Morgan fingerprint density at radius 3 is 2.89 bits per heavy atom. The summed E-state index contributed by atoms with van der Waals surface area (Å²) >= 11 is 0. The molecule has 2 atom stereocenters. The van der Waals surface area contributed by atoms with Crippen LogP contribution in [0.3, 0.4) is 0 Å². The van der Waals surface area contributed by atoms with Gasteiger partial charge in [0, 0.05) is 19.5 Å². The number of nitrogens with zero attached hydrogens (tertiary/aromatic N) is 3. The Morgan fingerprint density at radius 1 is 1.42 bits per heavy atom. The summed E-state index contributed by atoms with van der Waals surface area (Å²) in [6.07, 6.45) is 0.810. The molecule has 0 bridgehead atoms. The van der Waals surface area contributed by atoms with Crippen LogP contribution >= 0.6 is 0 Å². The number of aliphatic hydroxyl groups is 1. The molecule has 1 aromatic rings. The number of rotatable bonds is 5. The van der Waals surface area contributed by atoms with E-state index in [0.29, 0.717) is 30.7 Å². The summed E-state index contributed by atoms with van der Waals surface area (Å²) in [6.45, 7) is 8.48. The summed E-state index contributed by atoms with van der Waals surface area (Å²) in [7, 11) is 0. The molecule has 1 N–H and O–H groups in total. The summed E-state index contributed by atoms with van der Waals surface area (Å²) in [4.78, 5) is 6.59. The lowest BCUT2D eigenvalue weighted by Crippen LogP contribution is -2.47. The highest BCUT2D eigenvalue weighted by atomic mass is 16.5. The van der Waals surface area contributed by atoms with Gasteiger partial charge in [0.2, 0.25) is 5.89 Å². The first-order valence-corrected chi connectivity index (χ1v) is 6.87. The molecule has 0 radical (unpaired) electrons. The average molecular weight is 269 g/mol. The monoisotopic (exact) mass is 269 g/mol. The van der Waals surface area contributed by atoms with Crippen LogP contribution in [0.5, 0.6) is 0 Å². The molecular weight excluding hydrogens is 246 g/mol. The van der Waals surface area contributed by atoms with E-state index < -0.39 is 0 Å². The van der Waals surface area contributed by atoms with E-state index in [1.165, 1.54) is 0 Å². The standard InChI is InChI=1S/C13H23N3O3/c1-9(2)4-13-14-12(15-19-13)7-16-5-10(3)18-11(6-16)8-17/h9-11,17H,4-8H2,1-3H3. The zero-order valence-electron chi connectivity index (χ0n) is 11.9. The summed E-state index contributed by atoms with van der Waals surface area (Å²) in [5.41, 5.74) is 0. The molecule has 19 heavy (non-hydrogen) atoms. The van der Waals surface area contributed by atoms with E-state index in [9.17, 15) is 5.11 Å². The Bertz CT molecular complexity index is 394. The lowest BCUT2D eigenvalue weighted by molar-refractivity contribution is -0.0978. The van der Waals surface area contributed by atoms with Crippen LogP contribution in [-0.4, -0.2) is 52.1 Å². The fourth-order valence-corrected chi connectivity index (χ4v) is 2.36. The molecule has 2 heterocycles. The largest absolute Gasteiger partial charge is 0.394 e. The zero-order chi connectivity index (χ0) is 13.8. The fraction of sp³-hybridized carbons (Fsp3) is 0.846. The smallest absolute Gasteiger partial charge is 0.226 e. The van der Waals surface area contributed by atoms with Crippen LogP contribution in [0.25, 0.3) is 0 Å². The second kappa shape index (κ2) is 6.45. The van der Waals surface area contributed by atoms with E-state index in [0.717, 1.165) is 13.0 Å². The minimum atomic E-state index is -0.120. The predicted molar refractivity (Wildman–Crippen MR) is 69.5 cm³/mol. The molecule has 1 aromatic heterocycles. The SMILES string of the molecule is CC(C)Cc1nc(CN2CC(C)OC(CO)C2)no1. The highest BCUT2D eigenvalue weighted by molar-refractivity contribution is 4.89. The van der Waals surface area contributed by atoms with Gasteiger partial charge in [-0.05, 0) is 12.8 Å². The molecule has 1 aliphatic rings. The van der Waals surface area contributed by atoms with Crippen LogP contribution in [0.4, 0.5) is 0 Å². The van der Waals surface area contributed by atoms with Gasteiger partial charge in [-0.2, -0.15) is 4.98 Å². The molecule has 6 nitrogen and oxygen atoms in total. The van der Waals surface area contributed by atoms with Crippen molar-refractivity contribution in [3.8, 4) is 0 Å². The molecular formula is C13H23N3O3. The number of aromatic nitrogens is 2. The highest BCUT2D eigenvalue weighted by Gasteiger charge is 2.25. The molecule has 0 saturated carbocycles. The Morgan fingerprint density at radius 2 is 2.21 bits per heavy atom. The van der Waals surface area contributed by atoms with Gasteiger partial charge in [0.05, 0.1) is 25.4 Å². The summed E-state index contributed by atoms with van der Waals surface area (Å²) in [5.74, 6) is 1.92. The molecule has 0 aliphatic carbocycles. The second-order valence-corrected chi connectivity index (χ2v) is 5.65. The third kappa shape index (κ3) is 4.26. The molecule has 0 spiro atoms. The van der Waals surface area contributed by atoms with Crippen molar-refractivity contribution in [2.45, 2.75) is 45.9 Å². The Balaban J connectivity index is 1.91. The number of aliphatic hydroxyl groups excluding tert-OH is 1. The van der Waals surface area contributed by atoms with Crippen LogP contribution in [0.2, 0.25) is 0 Å². The van der Waals surface area contributed by atoms with E-state index in [2.05, 4.69) is 28.9 Å². The van der Waals surface area contributed by atoms with Gasteiger partial charge in [-0.1, -0.05) is 19.0 Å². The molecule has 2 rings (SSSR count). The van der Waals surface area contributed by atoms with E-state index >= 15 is 0 Å². The van der Waals surface area contributed by atoms with Gasteiger partial charge in [0.1, 0.15) is 0 Å². The summed E-state index contributed by atoms with van der Waals surface area (Å²) in [6, 6.07) is 0. The molecule has 1 aliphatic heterocycles. The highest BCUT2D eigenvalue weighted by Crippen LogP contribution is 2.13. The molecule has 6 heteroatoms. The van der Waals surface area contributed by atoms with Crippen LogP contribution in [0.15, 0.2) is 4.52 Å². The van der Waals surface area contributed by atoms with Gasteiger partial charge in [0.15, 0.2) is 5.82 Å². The summed E-state index contributed by atoms with van der Waals surface area (Å²) < 4.78 is 10.8. The third-order valence-electron chi connectivity index (χ3n) is 3.06. The summed E-state index contributed by atoms with van der Waals surface area (Å²) in [5, 5.41) is 13.2. The van der Waals surface area contributed by atoms with Crippen LogP contribution < -0.4 is 0 Å². The van der Waals surface area contributed by atoms with Gasteiger partial charge < -0.3 is 14.4 Å². The second-order valence-electron chi connectivity index (χ2n) is 5.65. The van der Waals surface area contributed by atoms with Crippen LogP contribution in [-0.2, 0) is 17.7 Å². The van der Waals surface area contributed by atoms with Crippen molar-refractivity contribution in [3.05, 3.63) is 11.7 Å². The van der Waals surface area contributed by atoms with E-state index in [1.807, 2.05) is 6.92 Å². The maximum Gasteiger partial charge on any atom is 0.226 e. The number of ether oxygens (including phenoxy) is 1. The number of hydrogen-bond donors (Lipinski definition) is 1. The van der Waals surface area contributed by atoms with Crippen molar-refractivity contribution in [1.82, 2.24) is 15.0 Å². The lowest BCUT2D eigenvalue weighted by atomic mass is 10.1. The average Bonchev–Trinajstić information content (AvgIpc) is 2.74. The van der Waals surface area contributed by atoms with Gasteiger partial charge >= 0.3 is 0 Å². The number of hydrogen-bond acceptors (Lipinski definition) is 6. The van der Waals surface area contributed by atoms with Crippen LogP contribution in [0.1, 0.15) is 32.5 Å². The minimum absolute atomic E-state index is 0.0473. The first kappa shape index (κ1) is 14.4. The normalized spacial score (nSPS) is 25.1. The van der Waals surface area contributed by atoms with Gasteiger partial charge in [-0.25, -0.2) is 0 Å². The van der Waals surface area contributed by atoms with E-state index in [-0.39, 0.29) is 18.8 Å². The van der Waals surface area contributed by atoms with Crippen molar-refractivity contribution in [2.24, 2.45) is 5.92 Å². The van der Waals surface area contributed by atoms with Crippen molar-refractivity contribution in [2.75, 3.05) is 19.7 Å². The van der Waals surface area contributed by atoms with Crippen LogP contribution in [0, 0.1) is 5.92 Å². The molecule has 0 aromatic carbocycles. The van der Waals surface area contributed by atoms with Crippen molar-refractivity contribution < 1.29 is 14.4 Å². The Hall–Kier alpha value is -0.980. The van der Waals surface area contributed by atoms with Gasteiger partial charge in [-0.3, -0.25) is 4.90 Å². The Kier molecular flexibility index (Phi) is 4.90. The third-order valence-corrected chi connectivity index (χ3v) is 3.06. The minimum Gasteiger partial charge on any atom is -0.394 e. The molecule has 2 unspecified atom stereocenters. The van der Waals surface area contributed by atoms with E-state index in [4.69, 9.17) is 9.26 Å². The first-order valence-electron chi connectivity index (χ1n) is 6.87. The quantitative estimate of drug-likeness (QED) is 0.854. The zero-order valence-corrected chi connectivity index (χ0v) is 11.9. The topological polar surface area (TPSA) is 71.6 Å². The molecule has 108 valence electrons. The fourth-order valence-electron chi connectivity index (χ4n) is 2.36. The van der Waals surface area contributed by atoms with Gasteiger partial charge in [-0.15, -0.1) is 0 Å². The lowest BCUT2D eigenvalue weighted by Gasteiger charge is -2.35. The maximum absolute atomic E-state index is 9.19. The Labute approximate surface area is 113 Å². The maximum atomic E-state index is 9.19. The van der Waals surface area contributed by atoms with Gasteiger partial charge in [0.25, 0.3) is 0 Å². The predicted octanol–water partition coefficient (Wildman–Crippen LogP) is 0.850. The first-order chi connectivity index (χ1) is 9.06. The molecule has 0 amide bonds.